The topological polar surface area (TPSA) is 0 Å². The third kappa shape index (κ3) is 2.50. The highest BCUT2D eigenvalue weighted by Gasteiger charge is 2.27. The normalized spacial score (nSPS) is 37.9. The van der Waals surface area contributed by atoms with E-state index in [4.69, 9.17) is 0 Å². The highest BCUT2D eigenvalue weighted by atomic mass is 14.3. The van der Waals surface area contributed by atoms with Crippen LogP contribution >= 0.6 is 0 Å². The first kappa shape index (κ1) is 9.09. The van der Waals surface area contributed by atoms with Gasteiger partial charge in [0.15, 0.2) is 0 Å². The summed E-state index contributed by atoms with van der Waals surface area (Å²) in [6.07, 6.45) is 7.29. The van der Waals surface area contributed by atoms with E-state index in [1.54, 1.807) is 0 Å². The third-order valence-electron chi connectivity index (χ3n) is 3.21. The molecule has 1 rings (SSSR count). The molecule has 11 heavy (non-hydrogen) atoms. The first-order chi connectivity index (χ1) is 5.24. The quantitative estimate of drug-likeness (QED) is 0.579. The van der Waals surface area contributed by atoms with Gasteiger partial charge in [0, 0.05) is 0 Å². The van der Waals surface area contributed by atoms with Crippen LogP contribution in [0.15, 0.2) is 0 Å². The molecule has 0 N–H and O–H groups in total. The molecule has 0 nitrogen and oxygen atoms in total. The Balaban J connectivity index is 2.23. The third-order valence-corrected chi connectivity index (χ3v) is 3.21. The van der Waals surface area contributed by atoms with Crippen molar-refractivity contribution in [2.45, 2.75) is 52.9 Å². The minimum absolute atomic E-state index is 1.01. The van der Waals surface area contributed by atoms with Gasteiger partial charge in [0.1, 0.15) is 0 Å². The van der Waals surface area contributed by atoms with E-state index in [1.165, 1.54) is 32.1 Å². The molecule has 0 heteroatoms. The monoisotopic (exact) mass is 154 g/mol. The smallest absolute Gasteiger partial charge is 0.0386 e. The van der Waals surface area contributed by atoms with Crippen molar-refractivity contribution >= 4 is 0 Å². The lowest BCUT2D eigenvalue weighted by Crippen LogP contribution is -2.02. The Kier molecular flexibility index (Phi) is 3.42. The van der Waals surface area contributed by atoms with Gasteiger partial charge in [-0.05, 0) is 30.6 Å². The molecule has 0 heterocycles. The van der Waals surface area contributed by atoms with Gasteiger partial charge in [-0.15, -0.1) is 0 Å². The Morgan fingerprint density at radius 1 is 1.18 bits per heavy atom. The Hall–Kier alpha value is 0. The lowest BCUT2D eigenvalue weighted by atomic mass is 9.93. The minimum atomic E-state index is 1.01. The maximum absolute atomic E-state index is 2.43. The van der Waals surface area contributed by atoms with E-state index in [2.05, 4.69) is 20.8 Å². The van der Waals surface area contributed by atoms with Crippen molar-refractivity contribution < 1.29 is 0 Å². The summed E-state index contributed by atoms with van der Waals surface area (Å²) >= 11 is 0. The summed E-state index contributed by atoms with van der Waals surface area (Å²) in [6, 6.07) is 0. The summed E-state index contributed by atoms with van der Waals surface area (Å²) in [5.74, 6) is 3.08. The Morgan fingerprint density at radius 3 is 2.36 bits per heavy atom. The molecule has 66 valence electrons. The van der Waals surface area contributed by atoms with Gasteiger partial charge in [-0.3, -0.25) is 0 Å². The molecule has 0 spiro atoms. The minimum Gasteiger partial charge on any atom is -0.0654 e. The van der Waals surface area contributed by atoms with E-state index in [0.29, 0.717) is 0 Å². The van der Waals surface area contributed by atoms with E-state index in [0.717, 1.165) is 17.8 Å². The van der Waals surface area contributed by atoms with Crippen LogP contribution in [-0.4, -0.2) is 0 Å². The zero-order valence-electron chi connectivity index (χ0n) is 8.27. The van der Waals surface area contributed by atoms with Crippen molar-refractivity contribution in [1.29, 1.82) is 0 Å². The number of hydrogen-bond acceptors (Lipinski definition) is 0. The zero-order chi connectivity index (χ0) is 8.27. The first-order valence-electron chi connectivity index (χ1n) is 5.24. The van der Waals surface area contributed by atoms with E-state index in [-0.39, 0.29) is 0 Å². The van der Waals surface area contributed by atoms with Gasteiger partial charge in [-0.2, -0.15) is 0 Å². The molecule has 0 aromatic heterocycles. The molecule has 0 radical (unpaired) electrons. The maximum Gasteiger partial charge on any atom is -0.0386 e. The van der Waals surface area contributed by atoms with Gasteiger partial charge in [-0.25, -0.2) is 0 Å². The number of rotatable bonds is 3. The Bertz CT molecular complexity index is 107. The largest absolute Gasteiger partial charge is 0.0654 e. The molecule has 0 aromatic rings. The fraction of sp³-hybridized carbons (Fsp3) is 1.00. The highest BCUT2D eigenvalue weighted by molar-refractivity contribution is 4.78. The van der Waals surface area contributed by atoms with Crippen LogP contribution in [0.1, 0.15) is 52.9 Å². The zero-order valence-corrected chi connectivity index (χ0v) is 8.27. The second kappa shape index (κ2) is 4.13. The summed E-state index contributed by atoms with van der Waals surface area (Å²) in [5.41, 5.74) is 0. The number of hydrogen-bond donors (Lipinski definition) is 0. The van der Waals surface area contributed by atoms with Crippen LogP contribution in [0.4, 0.5) is 0 Å². The fourth-order valence-electron chi connectivity index (χ4n) is 2.54. The first-order valence-corrected chi connectivity index (χ1v) is 5.24. The van der Waals surface area contributed by atoms with Crippen LogP contribution in [-0.2, 0) is 0 Å². The van der Waals surface area contributed by atoms with Gasteiger partial charge in [0.2, 0.25) is 0 Å². The van der Waals surface area contributed by atoms with Crippen molar-refractivity contribution in [3.05, 3.63) is 0 Å². The van der Waals surface area contributed by atoms with Crippen molar-refractivity contribution in [1.82, 2.24) is 0 Å². The van der Waals surface area contributed by atoms with Gasteiger partial charge in [0.05, 0.1) is 0 Å². The predicted molar refractivity (Wildman–Crippen MR) is 50.6 cm³/mol. The lowest BCUT2D eigenvalue weighted by Gasteiger charge is -2.13. The molecule has 1 saturated carbocycles. The van der Waals surface area contributed by atoms with E-state index < -0.39 is 0 Å². The SMILES string of the molecule is CCCCC1C[C@H](C)C[C@@H]1C. The van der Waals surface area contributed by atoms with Crippen LogP contribution in [0.2, 0.25) is 0 Å². The standard InChI is InChI=1S/C11H22/c1-4-5-6-11-8-9(2)7-10(11)3/h9-11H,4-8H2,1-3H3/t9-,10+,11?/m1/s1. The average molecular weight is 154 g/mol. The molecule has 0 saturated heterocycles. The predicted octanol–water partition coefficient (Wildman–Crippen LogP) is 3.86. The van der Waals surface area contributed by atoms with Gasteiger partial charge in [0.25, 0.3) is 0 Å². The summed E-state index contributed by atoms with van der Waals surface area (Å²) in [7, 11) is 0. The fourth-order valence-corrected chi connectivity index (χ4v) is 2.54. The molecule has 1 aliphatic carbocycles. The Morgan fingerprint density at radius 2 is 1.91 bits per heavy atom. The second-order valence-corrected chi connectivity index (χ2v) is 4.46. The van der Waals surface area contributed by atoms with Gasteiger partial charge in [-0.1, -0.05) is 40.0 Å². The molecule has 0 bridgehead atoms. The van der Waals surface area contributed by atoms with Crippen molar-refractivity contribution in [3.63, 3.8) is 0 Å². The summed E-state index contributed by atoms with van der Waals surface area (Å²) in [5, 5.41) is 0. The summed E-state index contributed by atoms with van der Waals surface area (Å²) in [4.78, 5) is 0. The average Bonchev–Trinajstić information content (AvgIpc) is 2.26. The van der Waals surface area contributed by atoms with Crippen LogP contribution in [0.5, 0.6) is 0 Å². The molecule has 0 aromatic carbocycles. The Labute approximate surface area is 71.4 Å². The van der Waals surface area contributed by atoms with Crippen LogP contribution in [0.3, 0.4) is 0 Å². The lowest BCUT2D eigenvalue weighted by molar-refractivity contribution is 0.379. The van der Waals surface area contributed by atoms with E-state index in [1.807, 2.05) is 0 Å². The molecule has 0 aliphatic heterocycles. The second-order valence-electron chi connectivity index (χ2n) is 4.46. The van der Waals surface area contributed by atoms with Crippen LogP contribution in [0.25, 0.3) is 0 Å². The van der Waals surface area contributed by atoms with Crippen LogP contribution in [0, 0.1) is 17.8 Å². The molecular weight excluding hydrogens is 132 g/mol. The van der Waals surface area contributed by atoms with Crippen molar-refractivity contribution in [2.75, 3.05) is 0 Å². The van der Waals surface area contributed by atoms with Gasteiger partial charge < -0.3 is 0 Å². The van der Waals surface area contributed by atoms with Gasteiger partial charge >= 0.3 is 0 Å². The molecule has 0 amide bonds. The van der Waals surface area contributed by atoms with Crippen LogP contribution < -0.4 is 0 Å². The number of unbranched alkanes of at least 4 members (excludes halogenated alkanes) is 1. The summed E-state index contributed by atoms with van der Waals surface area (Å²) < 4.78 is 0. The van der Waals surface area contributed by atoms with Crippen molar-refractivity contribution in [3.8, 4) is 0 Å². The van der Waals surface area contributed by atoms with Crippen molar-refractivity contribution in [2.24, 2.45) is 17.8 Å². The molecule has 1 unspecified atom stereocenters. The molecule has 1 aliphatic rings. The molecular formula is C11H22. The van der Waals surface area contributed by atoms with E-state index in [9.17, 15) is 0 Å². The maximum atomic E-state index is 2.43. The highest BCUT2D eigenvalue weighted by Crippen LogP contribution is 2.38. The van der Waals surface area contributed by atoms with E-state index >= 15 is 0 Å². The summed E-state index contributed by atoms with van der Waals surface area (Å²) in [6.45, 7) is 7.13. The molecule has 3 atom stereocenters. The molecule has 1 fully saturated rings.